The maximum atomic E-state index is 10.8. The third kappa shape index (κ3) is 6.17. The highest BCUT2D eigenvalue weighted by molar-refractivity contribution is 4.91. The Balaban J connectivity index is 5.36. The molecule has 134 valence electrons. The van der Waals surface area contributed by atoms with Gasteiger partial charge in [0.25, 0.3) is 0 Å². The average molecular weight is 317 g/mol. The minimum atomic E-state index is -0.614. The van der Waals surface area contributed by atoms with Gasteiger partial charge in [-0.2, -0.15) is 0 Å². The maximum Gasteiger partial charge on any atom is 0.0641 e. The molecule has 0 aliphatic heterocycles. The van der Waals surface area contributed by atoms with E-state index in [0.717, 1.165) is 0 Å². The SMILES string of the molecule is CC(CC(C(O)C(C)(C)C)C(O)C(C)(C)C)C(O)C(C)(C)C. The van der Waals surface area contributed by atoms with Gasteiger partial charge in [0.1, 0.15) is 0 Å². The molecule has 4 atom stereocenters. The Morgan fingerprint density at radius 1 is 0.591 bits per heavy atom. The molecule has 4 unspecified atom stereocenters. The molecule has 0 bridgehead atoms. The molecule has 0 aromatic carbocycles. The Bertz CT molecular complexity index is 310. The van der Waals surface area contributed by atoms with E-state index in [-0.39, 0.29) is 28.1 Å². The molecular formula is C19H40O3. The Hall–Kier alpha value is -0.120. The van der Waals surface area contributed by atoms with Crippen molar-refractivity contribution in [2.75, 3.05) is 0 Å². The summed E-state index contributed by atoms with van der Waals surface area (Å²) in [6.07, 6.45) is -1.09. The summed E-state index contributed by atoms with van der Waals surface area (Å²) in [7, 11) is 0. The molecule has 0 aliphatic rings. The molecule has 3 N–H and O–H groups in total. The van der Waals surface area contributed by atoms with Crippen LogP contribution in [0.2, 0.25) is 0 Å². The fourth-order valence-electron chi connectivity index (χ4n) is 3.13. The van der Waals surface area contributed by atoms with Gasteiger partial charge in [0.05, 0.1) is 18.3 Å². The molecular weight excluding hydrogens is 276 g/mol. The summed E-state index contributed by atoms with van der Waals surface area (Å²) in [5.41, 5.74) is -0.810. The van der Waals surface area contributed by atoms with Crippen molar-refractivity contribution >= 4 is 0 Å². The van der Waals surface area contributed by atoms with Crippen molar-refractivity contribution in [1.82, 2.24) is 0 Å². The summed E-state index contributed by atoms with van der Waals surface area (Å²) in [6, 6.07) is 0. The van der Waals surface area contributed by atoms with Crippen LogP contribution in [0.1, 0.15) is 75.7 Å². The Kier molecular flexibility index (Phi) is 7.15. The standard InChI is InChI=1S/C19H40O3/c1-12(14(20)17(2,3)4)11-13(15(21)18(5,6)7)16(22)19(8,9)10/h12-16,20-22H,11H2,1-10H3. The molecule has 0 heterocycles. The van der Waals surface area contributed by atoms with Crippen LogP contribution in [-0.2, 0) is 0 Å². The van der Waals surface area contributed by atoms with Crippen LogP contribution in [0.5, 0.6) is 0 Å². The van der Waals surface area contributed by atoms with Crippen LogP contribution in [0.15, 0.2) is 0 Å². The van der Waals surface area contributed by atoms with E-state index in [0.29, 0.717) is 6.42 Å². The van der Waals surface area contributed by atoms with Gasteiger partial charge in [0.15, 0.2) is 0 Å². The van der Waals surface area contributed by atoms with Crippen LogP contribution in [-0.4, -0.2) is 33.6 Å². The molecule has 0 aromatic rings. The monoisotopic (exact) mass is 316 g/mol. The molecule has 0 saturated carbocycles. The molecule has 3 nitrogen and oxygen atoms in total. The van der Waals surface area contributed by atoms with Crippen molar-refractivity contribution in [3.05, 3.63) is 0 Å². The molecule has 0 rings (SSSR count). The second kappa shape index (κ2) is 7.19. The number of rotatable bonds is 5. The van der Waals surface area contributed by atoms with E-state index >= 15 is 0 Å². The third-order valence-electron chi connectivity index (χ3n) is 4.66. The quantitative estimate of drug-likeness (QED) is 0.722. The normalized spacial score (nSPS) is 21.1. The summed E-state index contributed by atoms with van der Waals surface area (Å²) >= 11 is 0. The van der Waals surface area contributed by atoms with Gasteiger partial charge >= 0.3 is 0 Å². The first kappa shape index (κ1) is 21.9. The highest BCUT2D eigenvalue weighted by Gasteiger charge is 2.42. The molecule has 0 radical (unpaired) electrons. The smallest absolute Gasteiger partial charge is 0.0641 e. The lowest BCUT2D eigenvalue weighted by molar-refractivity contribution is -0.0977. The molecule has 0 aliphatic carbocycles. The minimum absolute atomic E-state index is 0.0130. The van der Waals surface area contributed by atoms with E-state index in [1.165, 1.54) is 0 Å². The van der Waals surface area contributed by atoms with E-state index < -0.39 is 18.3 Å². The van der Waals surface area contributed by atoms with Crippen LogP contribution in [0.4, 0.5) is 0 Å². The van der Waals surface area contributed by atoms with Gasteiger partial charge in [-0.3, -0.25) is 0 Å². The first-order chi connectivity index (χ1) is 9.49. The van der Waals surface area contributed by atoms with Gasteiger partial charge in [-0.05, 0) is 28.6 Å². The van der Waals surface area contributed by atoms with E-state index in [1.54, 1.807) is 0 Å². The van der Waals surface area contributed by atoms with Crippen molar-refractivity contribution < 1.29 is 15.3 Å². The Morgan fingerprint density at radius 2 is 0.864 bits per heavy atom. The van der Waals surface area contributed by atoms with Gasteiger partial charge < -0.3 is 15.3 Å². The zero-order chi connectivity index (χ0) is 18.1. The zero-order valence-corrected chi connectivity index (χ0v) is 16.4. The number of aliphatic hydroxyl groups excluding tert-OH is 3. The van der Waals surface area contributed by atoms with Crippen molar-refractivity contribution in [2.45, 2.75) is 94.0 Å². The fourth-order valence-corrected chi connectivity index (χ4v) is 3.13. The van der Waals surface area contributed by atoms with E-state index in [2.05, 4.69) is 0 Å². The summed E-state index contributed by atoms with van der Waals surface area (Å²) in [6.45, 7) is 20.0. The van der Waals surface area contributed by atoms with E-state index in [1.807, 2.05) is 69.2 Å². The predicted molar refractivity (Wildman–Crippen MR) is 93.7 cm³/mol. The highest BCUT2D eigenvalue weighted by atomic mass is 16.3. The molecule has 0 fully saturated rings. The summed E-state index contributed by atoms with van der Waals surface area (Å²) in [5, 5.41) is 32.1. The molecule has 0 saturated heterocycles. The summed E-state index contributed by atoms with van der Waals surface area (Å²) in [5.74, 6) is -0.244. The second-order valence-corrected chi connectivity index (χ2v) is 10.3. The number of aliphatic hydroxyl groups is 3. The third-order valence-corrected chi connectivity index (χ3v) is 4.66. The fraction of sp³-hybridized carbons (Fsp3) is 1.00. The first-order valence-corrected chi connectivity index (χ1v) is 8.53. The minimum Gasteiger partial charge on any atom is -0.392 e. The average Bonchev–Trinajstić information content (AvgIpc) is 2.29. The van der Waals surface area contributed by atoms with Crippen molar-refractivity contribution in [1.29, 1.82) is 0 Å². The topological polar surface area (TPSA) is 60.7 Å². The van der Waals surface area contributed by atoms with Gasteiger partial charge in [-0.15, -0.1) is 0 Å². The van der Waals surface area contributed by atoms with Crippen LogP contribution < -0.4 is 0 Å². The van der Waals surface area contributed by atoms with Crippen molar-refractivity contribution in [3.8, 4) is 0 Å². The van der Waals surface area contributed by atoms with Crippen molar-refractivity contribution in [3.63, 3.8) is 0 Å². The molecule has 3 heteroatoms. The van der Waals surface area contributed by atoms with Crippen molar-refractivity contribution in [2.24, 2.45) is 28.1 Å². The van der Waals surface area contributed by atoms with Crippen LogP contribution in [0, 0.1) is 28.1 Å². The molecule has 22 heavy (non-hydrogen) atoms. The van der Waals surface area contributed by atoms with Gasteiger partial charge in [0.2, 0.25) is 0 Å². The lowest BCUT2D eigenvalue weighted by Gasteiger charge is -2.43. The predicted octanol–water partition coefficient (Wildman–Crippen LogP) is 3.85. The molecule has 0 aromatic heterocycles. The van der Waals surface area contributed by atoms with Crippen LogP contribution >= 0.6 is 0 Å². The highest BCUT2D eigenvalue weighted by Crippen LogP contribution is 2.39. The van der Waals surface area contributed by atoms with Gasteiger partial charge in [-0.25, -0.2) is 0 Å². The van der Waals surface area contributed by atoms with Crippen LogP contribution in [0.3, 0.4) is 0 Å². The summed E-state index contributed by atoms with van der Waals surface area (Å²) < 4.78 is 0. The van der Waals surface area contributed by atoms with Crippen LogP contribution in [0.25, 0.3) is 0 Å². The van der Waals surface area contributed by atoms with Gasteiger partial charge in [-0.1, -0.05) is 69.2 Å². The molecule has 0 spiro atoms. The molecule has 0 amide bonds. The first-order valence-electron chi connectivity index (χ1n) is 8.53. The zero-order valence-electron chi connectivity index (χ0n) is 16.4. The number of hydrogen-bond donors (Lipinski definition) is 3. The van der Waals surface area contributed by atoms with E-state index in [9.17, 15) is 15.3 Å². The Labute approximate surface area is 138 Å². The van der Waals surface area contributed by atoms with Gasteiger partial charge in [0, 0.05) is 5.92 Å². The largest absolute Gasteiger partial charge is 0.392 e. The Morgan fingerprint density at radius 3 is 1.09 bits per heavy atom. The lowest BCUT2D eigenvalue weighted by Crippen LogP contribution is -2.47. The lowest BCUT2D eigenvalue weighted by atomic mass is 9.68. The summed E-state index contributed by atoms with van der Waals surface area (Å²) in [4.78, 5) is 0. The van der Waals surface area contributed by atoms with E-state index in [4.69, 9.17) is 0 Å². The number of hydrogen-bond acceptors (Lipinski definition) is 3. The second-order valence-electron chi connectivity index (χ2n) is 10.3. The maximum absolute atomic E-state index is 10.8.